The van der Waals surface area contributed by atoms with Crippen LogP contribution >= 0.6 is 39.1 Å². The van der Waals surface area contributed by atoms with Gasteiger partial charge in [-0.25, -0.2) is 9.36 Å². The van der Waals surface area contributed by atoms with E-state index in [4.69, 9.17) is 42.0 Å². The Labute approximate surface area is 292 Å². The van der Waals surface area contributed by atoms with Crippen molar-refractivity contribution in [3.63, 3.8) is 0 Å². The molecule has 2 unspecified atom stereocenters. The van der Waals surface area contributed by atoms with E-state index in [-0.39, 0.29) is 27.3 Å². The number of aromatic nitrogens is 4. The fraction of sp³-hybridized carbons (Fsp3) is 0.588. The van der Waals surface area contributed by atoms with Crippen LogP contribution in [0.2, 0.25) is 10.3 Å². The van der Waals surface area contributed by atoms with E-state index in [1.54, 1.807) is 0 Å². The molecule has 2 atom stereocenters. The van der Waals surface area contributed by atoms with Crippen molar-refractivity contribution in [2.45, 2.75) is 119 Å². The van der Waals surface area contributed by atoms with Crippen LogP contribution in [-0.2, 0) is 18.8 Å². The lowest BCUT2D eigenvalue weighted by molar-refractivity contribution is -0.0367. The fourth-order valence-corrected chi connectivity index (χ4v) is 7.30. The first-order valence-electron chi connectivity index (χ1n) is 15.5. The summed E-state index contributed by atoms with van der Waals surface area (Å²) in [6, 6.07) is 8.28. The van der Waals surface area contributed by atoms with Crippen molar-refractivity contribution in [3.8, 4) is 0 Å². The van der Waals surface area contributed by atoms with Gasteiger partial charge >= 0.3 is 7.12 Å². The van der Waals surface area contributed by atoms with E-state index in [1.807, 2.05) is 16.3 Å². The van der Waals surface area contributed by atoms with Gasteiger partial charge in [-0.05, 0) is 119 Å². The lowest BCUT2D eigenvalue weighted by Gasteiger charge is -2.32. The molecule has 3 fully saturated rings. The van der Waals surface area contributed by atoms with E-state index >= 15 is 0 Å². The Morgan fingerprint density at radius 3 is 1.67 bits per heavy atom. The van der Waals surface area contributed by atoms with Gasteiger partial charge < -0.3 is 18.8 Å². The highest BCUT2D eigenvalue weighted by atomic mass is 79.9. The molecule has 7 rings (SSSR count). The standard InChI is InChI=1S/C19H26BClN2O3.C13H14BrClN2O.2CH4/c1-12-9-10-13-15(16(12)20-25-18(2,3)19(4,5)26-20)17(21)22-23(13)14-8-6-7-11-24-14;1-8-5-6-9-11(12(8)14)13(15)16-17(9)10-4-2-3-7-18-10;;/h9-10,14H,6-8,11H2,1-5H3;5-6,10H,2-4,7H2,1H3;2*1H4. The van der Waals surface area contributed by atoms with Gasteiger partial charge in [-0.2, -0.15) is 10.2 Å². The third-order valence-corrected chi connectivity index (χ3v) is 10.9. The number of nitrogens with zero attached hydrogens (tertiary/aromatic N) is 4. The van der Waals surface area contributed by atoms with Gasteiger partial charge in [0.1, 0.15) is 0 Å². The SMILES string of the molecule is C.C.Cc1ccc2c(c(Cl)nn2C2CCCCO2)c1B1OC(C)(C)C(C)(C)O1.Cc1ccc2c(c(Cl)nn2C2CCCCO2)c1Br. The van der Waals surface area contributed by atoms with Crippen molar-refractivity contribution >= 4 is 73.5 Å². The molecule has 46 heavy (non-hydrogen) atoms. The summed E-state index contributed by atoms with van der Waals surface area (Å²) in [6.07, 6.45) is 6.45. The van der Waals surface area contributed by atoms with E-state index in [2.05, 4.69) is 85.0 Å². The Hall–Kier alpha value is -1.66. The van der Waals surface area contributed by atoms with E-state index in [0.717, 1.165) is 88.2 Å². The average Bonchev–Trinajstić information content (AvgIpc) is 3.59. The first-order valence-corrected chi connectivity index (χ1v) is 17.0. The maximum absolute atomic E-state index is 6.60. The van der Waals surface area contributed by atoms with Crippen LogP contribution in [-0.4, -0.2) is 51.1 Å². The van der Waals surface area contributed by atoms with Gasteiger partial charge in [0.25, 0.3) is 0 Å². The second kappa shape index (κ2) is 14.4. The summed E-state index contributed by atoms with van der Waals surface area (Å²) in [5.41, 5.74) is 4.41. The van der Waals surface area contributed by atoms with Gasteiger partial charge in [-0.1, -0.05) is 55.8 Å². The number of hydrogen-bond acceptors (Lipinski definition) is 6. The highest BCUT2D eigenvalue weighted by molar-refractivity contribution is 9.10. The zero-order valence-electron chi connectivity index (χ0n) is 26.3. The molecule has 252 valence electrons. The molecule has 3 aliphatic heterocycles. The summed E-state index contributed by atoms with van der Waals surface area (Å²) in [5, 5.41) is 11.9. The number of rotatable bonds is 3. The lowest BCUT2D eigenvalue weighted by atomic mass is 9.74. The highest BCUT2D eigenvalue weighted by Gasteiger charge is 2.52. The number of fused-ring (bicyclic) bond motifs is 2. The minimum absolute atomic E-state index is 0. The monoisotopic (exact) mass is 736 g/mol. The smallest absolute Gasteiger partial charge is 0.399 e. The largest absolute Gasteiger partial charge is 0.495 e. The molecule has 8 nitrogen and oxygen atoms in total. The Bertz CT molecular complexity index is 1660. The lowest BCUT2D eigenvalue weighted by Crippen LogP contribution is -2.41. The topological polar surface area (TPSA) is 72.6 Å². The van der Waals surface area contributed by atoms with Crippen LogP contribution < -0.4 is 5.46 Å². The molecule has 0 saturated carbocycles. The van der Waals surface area contributed by atoms with Crippen molar-refractivity contribution in [2.24, 2.45) is 0 Å². The van der Waals surface area contributed by atoms with Crippen molar-refractivity contribution in [3.05, 3.63) is 50.2 Å². The summed E-state index contributed by atoms with van der Waals surface area (Å²) in [4.78, 5) is 0. The highest BCUT2D eigenvalue weighted by Crippen LogP contribution is 2.39. The zero-order chi connectivity index (χ0) is 31.4. The van der Waals surface area contributed by atoms with E-state index < -0.39 is 18.3 Å². The summed E-state index contributed by atoms with van der Waals surface area (Å²) in [5.74, 6) is 0. The van der Waals surface area contributed by atoms with Crippen LogP contribution in [0.3, 0.4) is 0 Å². The van der Waals surface area contributed by atoms with Crippen LogP contribution in [0.1, 0.15) is 105 Å². The van der Waals surface area contributed by atoms with Crippen LogP contribution in [0.15, 0.2) is 28.7 Å². The molecular weight excluding hydrogens is 690 g/mol. The Kier molecular flexibility index (Phi) is 11.7. The molecule has 0 aliphatic carbocycles. The van der Waals surface area contributed by atoms with Crippen molar-refractivity contribution in [1.29, 1.82) is 0 Å². The van der Waals surface area contributed by atoms with Crippen LogP contribution in [0, 0.1) is 13.8 Å². The third-order valence-electron chi connectivity index (χ3n) is 9.40. The van der Waals surface area contributed by atoms with Crippen LogP contribution in [0.5, 0.6) is 0 Å². The summed E-state index contributed by atoms with van der Waals surface area (Å²) >= 11 is 16.4. The molecule has 0 radical (unpaired) electrons. The molecule has 3 saturated heterocycles. The van der Waals surface area contributed by atoms with Gasteiger partial charge in [-0.15, -0.1) is 0 Å². The Balaban J connectivity index is 0.000000212. The molecule has 3 aliphatic rings. The molecule has 2 aromatic carbocycles. The zero-order valence-corrected chi connectivity index (χ0v) is 29.4. The van der Waals surface area contributed by atoms with Gasteiger partial charge in [0.15, 0.2) is 22.8 Å². The molecule has 12 heteroatoms. The third kappa shape index (κ3) is 6.78. The fourth-order valence-electron chi connectivity index (χ4n) is 6.11. The Morgan fingerprint density at radius 1 is 0.739 bits per heavy atom. The van der Waals surface area contributed by atoms with Crippen molar-refractivity contribution < 1.29 is 18.8 Å². The number of aryl methyl sites for hydroxylation is 2. The quantitative estimate of drug-likeness (QED) is 0.195. The predicted octanol–water partition coefficient (Wildman–Crippen LogP) is 9.73. The van der Waals surface area contributed by atoms with Gasteiger partial charge in [-0.3, -0.25) is 0 Å². The molecule has 0 spiro atoms. The number of ether oxygens (including phenoxy) is 2. The van der Waals surface area contributed by atoms with E-state index in [1.165, 1.54) is 6.42 Å². The minimum Gasteiger partial charge on any atom is -0.399 e. The summed E-state index contributed by atoms with van der Waals surface area (Å²) in [7, 11) is -0.467. The Morgan fingerprint density at radius 2 is 1.20 bits per heavy atom. The summed E-state index contributed by atoms with van der Waals surface area (Å²) < 4.78 is 29.2. The molecule has 5 heterocycles. The van der Waals surface area contributed by atoms with Crippen LogP contribution in [0.4, 0.5) is 0 Å². The van der Waals surface area contributed by atoms with Gasteiger partial charge in [0, 0.05) is 23.1 Å². The first-order chi connectivity index (χ1) is 20.9. The molecule has 0 bridgehead atoms. The van der Waals surface area contributed by atoms with E-state index in [0.29, 0.717) is 10.3 Å². The van der Waals surface area contributed by atoms with Gasteiger partial charge in [0.2, 0.25) is 0 Å². The first kappa shape index (κ1) is 37.2. The van der Waals surface area contributed by atoms with Crippen molar-refractivity contribution in [1.82, 2.24) is 19.6 Å². The van der Waals surface area contributed by atoms with E-state index in [9.17, 15) is 0 Å². The number of halogens is 3. The minimum atomic E-state index is -0.467. The normalized spacial score (nSPS) is 22.2. The number of benzene rings is 2. The molecule has 0 amide bonds. The van der Waals surface area contributed by atoms with Crippen molar-refractivity contribution in [2.75, 3.05) is 13.2 Å². The maximum Gasteiger partial charge on any atom is 0.495 e. The second-order valence-corrected chi connectivity index (χ2v) is 14.5. The summed E-state index contributed by atoms with van der Waals surface area (Å²) in [6.45, 7) is 13.9. The number of hydrogen-bond donors (Lipinski definition) is 0. The molecular formula is C34H48BBrCl2N4O4. The molecule has 0 N–H and O–H groups in total. The molecule has 2 aromatic heterocycles. The second-order valence-electron chi connectivity index (χ2n) is 13.0. The molecule has 4 aromatic rings. The van der Waals surface area contributed by atoms with Crippen LogP contribution in [0.25, 0.3) is 21.8 Å². The maximum atomic E-state index is 6.60. The van der Waals surface area contributed by atoms with Gasteiger partial charge in [0.05, 0.1) is 27.6 Å². The average molecular weight is 738 g/mol. The predicted molar refractivity (Wildman–Crippen MR) is 194 cm³/mol.